The zero-order valence-electron chi connectivity index (χ0n) is 27.8. The summed E-state index contributed by atoms with van der Waals surface area (Å²) in [5.74, 6) is -0.608. The second-order valence-corrected chi connectivity index (χ2v) is 16.2. The molecule has 0 bridgehead atoms. The average molecular weight is 695 g/mol. The summed E-state index contributed by atoms with van der Waals surface area (Å²) in [6.45, 7) is 3.67. The first-order valence-corrected chi connectivity index (χ1v) is 19.5. The highest BCUT2D eigenvalue weighted by Gasteiger charge is 2.26. The minimum Gasteiger partial charge on any atom is -0.370 e. The third-order valence-corrected chi connectivity index (χ3v) is 12.7. The lowest BCUT2D eigenvalue weighted by atomic mass is 9.78. The summed E-state index contributed by atoms with van der Waals surface area (Å²) in [7, 11) is -3.29. The van der Waals surface area contributed by atoms with E-state index in [1.807, 2.05) is 16.4 Å². The van der Waals surface area contributed by atoms with Gasteiger partial charge in [-0.2, -0.15) is 0 Å². The van der Waals surface area contributed by atoms with Gasteiger partial charge in [-0.25, -0.2) is 13.3 Å². The van der Waals surface area contributed by atoms with Gasteiger partial charge in [-0.15, -0.1) is 11.3 Å². The number of carbonyl (C=O) groups excluding carboxylic acids is 1. The third-order valence-electron chi connectivity index (χ3n) is 9.78. The smallest absolute Gasteiger partial charge is 0.219 e. The number of carbonyl (C=O) groups is 1. The van der Waals surface area contributed by atoms with Crippen LogP contribution in [0.15, 0.2) is 90.0 Å². The molecule has 3 aromatic rings. The van der Waals surface area contributed by atoms with Crippen LogP contribution < -0.4 is 5.73 Å². The van der Waals surface area contributed by atoms with Crippen molar-refractivity contribution >= 4 is 44.3 Å². The van der Waals surface area contributed by atoms with Crippen LogP contribution in [0.1, 0.15) is 71.0 Å². The molecule has 2 unspecified atom stereocenters. The Morgan fingerprint density at radius 2 is 1.76 bits per heavy atom. The summed E-state index contributed by atoms with van der Waals surface area (Å²) in [5, 5.41) is 2.32. The van der Waals surface area contributed by atoms with Gasteiger partial charge in [-0.1, -0.05) is 66.8 Å². The Hall–Kier alpha value is -4.02. The number of fused-ring (bicyclic) bond motifs is 5. The van der Waals surface area contributed by atoms with Crippen molar-refractivity contribution in [2.75, 3.05) is 13.2 Å². The molecular formula is C40H42N2O5S2. The Morgan fingerprint density at radius 3 is 2.55 bits per heavy atom. The first kappa shape index (κ1) is 33.5. The summed E-state index contributed by atoms with van der Waals surface area (Å²) in [6, 6.07) is 18.2. The van der Waals surface area contributed by atoms with Crippen LogP contribution in [-0.2, 0) is 43.5 Å². The van der Waals surface area contributed by atoms with Gasteiger partial charge in [-0.3, -0.25) is 9.86 Å². The van der Waals surface area contributed by atoms with Gasteiger partial charge in [0, 0.05) is 40.3 Å². The SMILES string of the molecule is CC1=CC=C(c2ccc(C3=Cc4ccc5c(c4CC3)CCc3ccccc3-5)s2)CN1OC1CCCCO1.NC(=O)CC1C=CC=CS1(=O)=O. The molecule has 49 heavy (non-hydrogen) atoms. The maximum absolute atomic E-state index is 11.2. The Bertz CT molecular complexity index is 2010. The number of nitrogens with two attached hydrogens (primary N) is 1. The summed E-state index contributed by atoms with van der Waals surface area (Å²) < 4.78 is 28.2. The highest BCUT2D eigenvalue weighted by atomic mass is 32.2. The van der Waals surface area contributed by atoms with Crippen LogP contribution in [0.5, 0.6) is 0 Å². The molecule has 254 valence electrons. The maximum atomic E-state index is 11.2. The summed E-state index contributed by atoms with van der Waals surface area (Å²) >= 11 is 1.91. The normalized spacial score (nSPS) is 22.0. The fourth-order valence-corrected chi connectivity index (χ4v) is 9.41. The number of rotatable bonds is 6. The number of amides is 1. The highest BCUT2D eigenvalue weighted by molar-refractivity contribution is 7.95. The van der Waals surface area contributed by atoms with Crippen molar-refractivity contribution in [2.45, 2.75) is 69.8 Å². The predicted octanol–water partition coefficient (Wildman–Crippen LogP) is 7.79. The number of allylic oxidation sites excluding steroid dienone is 6. The van der Waals surface area contributed by atoms with Gasteiger partial charge < -0.3 is 10.5 Å². The molecule has 2 N–H and O–H groups in total. The second-order valence-electron chi connectivity index (χ2n) is 13.1. The van der Waals surface area contributed by atoms with E-state index in [-0.39, 0.29) is 12.7 Å². The second kappa shape index (κ2) is 14.5. The Balaban J connectivity index is 0.000000269. The van der Waals surface area contributed by atoms with E-state index in [0.717, 1.165) is 62.8 Å². The molecule has 1 saturated heterocycles. The minimum absolute atomic E-state index is 0.123. The largest absolute Gasteiger partial charge is 0.370 e. The van der Waals surface area contributed by atoms with E-state index in [1.165, 1.54) is 61.7 Å². The van der Waals surface area contributed by atoms with Crippen LogP contribution in [0.4, 0.5) is 0 Å². The number of primary amides is 1. The van der Waals surface area contributed by atoms with Crippen LogP contribution in [0.25, 0.3) is 28.3 Å². The number of ether oxygens (including phenoxy) is 1. The van der Waals surface area contributed by atoms with E-state index in [0.29, 0.717) is 0 Å². The molecule has 2 aliphatic carbocycles. The van der Waals surface area contributed by atoms with E-state index in [1.54, 1.807) is 17.2 Å². The van der Waals surface area contributed by atoms with Gasteiger partial charge >= 0.3 is 0 Å². The van der Waals surface area contributed by atoms with Gasteiger partial charge in [0.15, 0.2) is 16.1 Å². The molecule has 2 atom stereocenters. The fraction of sp³-hybridized carbons (Fsp3) is 0.325. The van der Waals surface area contributed by atoms with Crippen LogP contribution in [0, 0.1) is 0 Å². The number of hydroxylamine groups is 2. The van der Waals surface area contributed by atoms with Crippen molar-refractivity contribution in [3.05, 3.63) is 122 Å². The summed E-state index contributed by atoms with van der Waals surface area (Å²) in [4.78, 5) is 19.4. The van der Waals surface area contributed by atoms with E-state index in [2.05, 4.69) is 73.7 Å². The minimum atomic E-state index is -3.29. The van der Waals surface area contributed by atoms with Crippen LogP contribution in [0.2, 0.25) is 0 Å². The highest BCUT2D eigenvalue weighted by Crippen LogP contribution is 2.42. The van der Waals surface area contributed by atoms with E-state index in [9.17, 15) is 13.2 Å². The average Bonchev–Trinajstić information content (AvgIpc) is 3.61. The van der Waals surface area contributed by atoms with E-state index in [4.69, 9.17) is 15.3 Å². The third kappa shape index (κ3) is 7.45. The van der Waals surface area contributed by atoms with Gasteiger partial charge in [0.05, 0.1) is 11.8 Å². The van der Waals surface area contributed by atoms with Crippen molar-refractivity contribution in [1.29, 1.82) is 0 Å². The van der Waals surface area contributed by atoms with Crippen molar-refractivity contribution in [2.24, 2.45) is 5.73 Å². The number of thiophene rings is 1. The number of benzene rings is 2. The van der Waals surface area contributed by atoms with E-state index < -0.39 is 21.0 Å². The first-order valence-electron chi connectivity index (χ1n) is 17.1. The Morgan fingerprint density at radius 1 is 0.939 bits per heavy atom. The molecule has 7 nitrogen and oxygen atoms in total. The van der Waals surface area contributed by atoms with Gasteiger partial charge in [-0.05, 0) is 108 Å². The molecule has 9 heteroatoms. The molecule has 0 saturated carbocycles. The van der Waals surface area contributed by atoms with E-state index >= 15 is 0 Å². The molecular weight excluding hydrogens is 653 g/mol. The lowest BCUT2D eigenvalue weighted by molar-refractivity contribution is -0.272. The summed E-state index contributed by atoms with van der Waals surface area (Å²) in [5.41, 5.74) is 17.7. The van der Waals surface area contributed by atoms with Gasteiger partial charge in [0.25, 0.3) is 0 Å². The zero-order chi connectivity index (χ0) is 34.0. The zero-order valence-corrected chi connectivity index (χ0v) is 29.4. The lowest BCUT2D eigenvalue weighted by Gasteiger charge is -2.33. The van der Waals surface area contributed by atoms with Crippen molar-refractivity contribution in [3.63, 3.8) is 0 Å². The molecule has 4 heterocycles. The van der Waals surface area contributed by atoms with Gasteiger partial charge in [0.2, 0.25) is 5.91 Å². The molecule has 1 fully saturated rings. The van der Waals surface area contributed by atoms with Gasteiger partial charge in [0.1, 0.15) is 0 Å². The number of nitrogens with zero attached hydrogens (tertiary/aromatic N) is 1. The monoisotopic (exact) mass is 694 g/mol. The Labute approximate surface area is 293 Å². The standard InChI is InChI=1S/C33H33NO2S.C7H9NO3S/c1-22-9-10-26(21-34(22)36-33-8-4-5-19-35-33)32-18-17-31(37-32)25-13-14-28-24(20-25)12-16-29-27-7-3-2-6-23(27)11-15-30(28)29;8-7(9)5-6-3-1-2-4-12(6,10)11/h2-3,6-7,9-10,12,16-18,20,33H,4-5,8,11,13-15,19,21H2,1H3;1-4,6H,5H2,(H2,8,9). The molecule has 0 spiro atoms. The molecule has 0 radical (unpaired) electrons. The molecule has 3 aliphatic heterocycles. The van der Waals surface area contributed by atoms with Crippen molar-refractivity contribution in [1.82, 2.24) is 5.06 Å². The number of hydrogen-bond acceptors (Lipinski definition) is 7. The topological polar surface area (TPSA) is 98.9 Å². The lowest BCUT2D eigenvalue weighted by Crippen LogP contribution is -2.34. The number of hydrogen-bond donors (Lipinski definition) is 1. The number of aryl methyl sites for hydroxylation is 1. The predicted molar refractivity (Wildman–Crippen MR) is 198 cm³/mol. The maximum Gasteiger partial charge on any atom is 0.219 e. The molecule has 2 aromatic carbocycles. The van der Waals surface area contributed by atoms with Crippen LogP contribution in [-0.4, -0.2) is 44.1 Å². The molecule has 8 rings (SSSR count). The molecule has 1 amide bonds. The summed E-state index contributed by atoms with van der Waals surface area (Å²) in [6.07, 6.45) is 18.9. The van der Waals surface area contributed by atoms with Crippen LogP contribution >= 0.6 is 11.3 Å². The Kier molecular flexibility index (Phi) is 9.87. The van der Waals surface area contributed by atoms with Crippen molar-refractivity contribution < 1.29 is 22.8 Å². The molecule has 1 aromatic heterocycles. The van der Waals surface area contributed by atoms with Crippen molar-refractivity contribution in [3.8, 4) is 11.1 Å². The first-order chi connectivity index (χ1) is 23.7. The quantitative estimate of drug-likeness (QED) is 0.283. The van der Waals surface area contributed by atoms with Crippen LogP contribution in [0.3, 0.4) is 0 Å². The number of sulfone groups is 1. The fourth-order valence-electron chi connectivity index (χ4n) is 7.13. The molecule has 5 aliphatic rings.